The molecular formula is C18H32ClNO4. The van der Waals surface area contributed by atoms with Crippen LogP contribution in [-0.2, 0) is 14.3 Å². The summed E-state index contributed by atoms with van der Waals surface area (Å²) in [5.41, 5.74) is 0.174. The van der Waals surface area contributed by atoms with Gasteiger partial charge >= 0.3 is 12.1 Å². The standard InChI is InChI=1S/C18H32ClNO4/c1-17(2,3)8-11-23-15(21)14-13(19)7-10-20(14)16(22)24-12-9-18(4,5)6/h13-14H,7-12H2,1-6H3. The summed E-state index contributed by atoms with van der Waals surface area (Å²) in [4.78, 5) is 26.0. The van der Waals surface area contributed by atoms with Gasteiger partial charge in [0.15, 0.2) is 0 Å². The first-order valence-electron chi connectivity index (χ1n) is 8.65. The van der Waals surface area contributed by atoms with Crippen LogP contribution >= 0.6 is 11.6 Å². The average Bonchev–Trinajstić information content (AvgIpc) is 2.77. The van der Waals surface area contributed by atoms with Crippen molar-refractivity contribution in [2.24, 2.45) is 10.8 Å². The Balaban J connectivity index is 2.54. The number of hydrogen-bond acceptors (Lipinski definition) is 4. The van der Waals surface area contributed by atoms with E-state index in [0.717, 1.165) is 12.8 Å². The van der Waals surface area contributed by atoms with E-state index in [1.165, 1.54) is 4.90 Å². The van der Waals surface area contributed by atoms with Crippen LogP contribution in [0.4, 0.5) is 4.79 Å². The topological polar surface area (TPSA) is 55.8 Å². The molecule has 1 aliphatic rings. The predicted molar refractivity (Wildman–Crippen MR) is 95.2 cm³/mol. The molecule has 0 aromatic heterocycles. The first-order valence-corrected chi connectivity index (χ1v) is 9.08. The summed E-state index contributed by atoms with van der Waals surface area (Å²) in [5.74, 6) is -0.440. The van der Waals surface area contributed by atoms with E-state index in [1.54, 1.807) is 0 Å². The Hall–Kier alpha value is -0.970. The molecule has 0 bridgehead atoms. The molecule has 24 heavy (non-hydrogen) atoms. The first kappa shape index (κ1) is 21.1. The van der Waals surface area contributed by atoms with E-state index >= 15 is 0 Å². The van der Waals surface area contributed by atoms with Gasteiger partial charge in [-0.3, -0.25) is 4.90 Å². The quantitative estimate of drug-likeness (QED) is 0.543. The van der Waals surface area contributed by atoms with Crippen molar-refractivity contribution >= 4 is 23.7 Å². The Morgan fingerprint density at radius 1 is 1.00 bits per heavy atom. The van der Waals surface area contributed by atoms with Crippen LogP contribution in [-0.4, -0.2) is 48.1 Å². The van der Waals surface area contributed by atoms with E-state index in [9.17, 15) is 9.59 Å². The van der Waals surface area contributed by atoms with Gasteiger partial charge in [-0.25, -0.2) is 9.59 Å². The zero-order valence-electron chi connectivity index (χ0n) is 15.9. The molecule has 0 N–H and O–H groups in total. The summed E-state index contributed by atoms with van der Waals surface area (Å²) < 4.78 is 10.6. The number of amides is 1. The van der Waals surface area contributed by atoms with Crippen molar-refractivity contribution in [3.05, 3.63) is 0 Å². The van der Waals surface area contributed by atoms with E-state index in [2.05, 4.69) is 41.5 Å². The molecule has 1 saturated heterocycles. The van der Waals surface area contributed by atoms with E-state index in [-0.39, 0.29) is 10.8 Å². The maximum absolute atomic E-state index is 12.3. The lowest BCUT2D eigenvalue weighted by Crippen LogP contribution is -2.45. The summed E-state index contributed by atoms with van der Waals surface area (Å²) in [6, 6.07) is -0.756. The Bertz CT molecular complexity index is 439. The van der Waals surface area contributed by atoms with Gasteiger partial charge in [0.2, 0.25) is 0 Å². The molecule has 1 fully saturated rings. The summed E-state index contributed by atoms with van der Waals surface area (Å²) >= 11 is 6.24. The van der Waals surface area contributed by atoms with Gasteiger partial charge in [0, 0.05) is 6.54 Å². The van der Waals surface area contributed by atoms with Crippen LogP contribution in [0.25, 0.3) is 0 Å². The smallest absolute Gasteiger partial charge is 0.410 e. The van der Waals surface area contributed by atoms with Gasteiger partial charge in [0.05, 0.1) is 18.6 Å². The third-order valence-corrected chi connectivity index (χ3v) is 4.43. The number of nitrogens with zero attached hydrogens (tertiary/aromatic N) is 1. The third kappa shape index (κ3) is 7.29. The van der Waals surface area contributed by atoms with Crippen molar-refractivity contribution in [3.63, 3.8) is 0 Å². The van der Waals surface area contributed by atoms with Gasteiger partial charge in [0.1, 0.15) is 6.04 Å². The molecule has 0 aromatic rings. The lowest BCUT2D eigenvalue weighted by molar-refractivity contribution is -0.149. The molecule has 140 valence electrons. The van der Waals surface area contributed by atoms with Crippen molar-refractivity contribution in [2.45, 2.75) is 72.2 Å². The molecule has 0 radical (unpaired) electrons. The van der Waals surface area contributed by atoms with Crippen molar-refractivity contribution in [1.82, 2.24) is 4.90 Å². The number of hydrogen-bond donors (Lipinski definition) is 0. The lowest BCUT2D eigenvalue weighted by Gasteiger charge is -2.25. The van der Waals surface area contributed by atoms with Gasteiger partial charge in [-0.15, -0.1) is 11.6 Å². The Morgan fingerprint density at radius 2 is 1.50 bits per heavy atom. The number of esters is 1. The SMILES string of the molecule is CC(C)(C)CCOC(=O)C1C(Cl)CCN1C(=O)OCCC(C)(C)C. The molecule has 2 unspecified atom stereocenters. The number of carbonyl (C=O) groups is 2. The molecule has 0 aromatic carbocycles. The highest BCUT2D eigenvalue weighted by Gasteiger charge is 2.43. The Kier molecular flexibility index (Phi) is 7.39. The van der Waals surface area contributed by atoms with E-state index in [0.29, 0.717) is 26.2 Å². The molecule has 0 spiro atoms. The fourth-order valence-electron chi connectivity index (χ4n) is 2.31. The Labute approximate surface area is 151 Å². The monoisotopic (exact) mass is 361 g/mol. The normalized spacial score (nSPS) is 21.7. The molecule has 5 nitrogen and oxygen atoms in total. The highest BCUT2D eigenvalue weighted by atomic mass is 35.5. The number of halogens is 1. The fraction of sp³-hybridized carbons (Fsp3) is 0.889. The van der Waals surface area contributed by atoms with E-state index in [1.807, 2.05) is 0 Å². The van der Waals surface area contributed by atoms with Gasteiger partial charge in [-0.2, -0.15) is 0 Å². The maximum Gasteiger partial charge on any atom is 0.410 e. The van der Waals surface area contributed by atoms with Crippen LogP contribution in [0.1, 0.15) is 60.8 Å². The van der Waals surface area contributed by atoms with Gasteiger partial charge in [0.25, 0.3) is 0 Å². The molecule has 6 heteroatoms. The minimum Gasteiger partial charge on any atom is -0.464 e. The minimum absolute atomic E-state index is 0.0852. The predicted octanol–water partition coefficient (Wildman–Crippen LogP) is 4.22. The molecular weight excluding hydrogens is 330 g/mol. The zero-order chi connectivity index (χ0) is 18.5. The summed E-state index contributed by atoms with van der Waals surface area (Å²) in [7, 11) is 0. The van der Waals surface area contributed by atoms with Crippen LogP contribution in [0.2, 0.25) is 0 Å². The van der Waals surface area contributed by atoms with Crippen LogP contribution in [0.3, 0.4) is 0 Å². The highest BCUT2D eigenvalue weighted by Crippen LogP contribution is 2.26. The molecule has 2 atom stereocenters. The number of ether oxygens (including phenoxy) is 2. The molecule has 0 saturated carbocycles. The van der Waals surface area contributed by atoms with E-state index < -0.39 is 23.5 Å². The number of likely N-dealkylation sites (tertiary alicyclic amines) is 1. The number of carbonyl (C=O) groups excluding carboxylic acids is 2. The van der Waals surface area contributed by atoms with Crippen LogP contribution in [0.15, 0.2) is 0 Å². The van der Waals surface area contributed by atoms with Crippen LogP contribution in [0, 0.1) is 10.8 Å². The average molecular weight is 362 g/mol. The van der Waals surface area contributed by atoms with E-state index in [4.69, 9.17) is 21.1 Å². The third-order valence-electron chi connectivity index (χ3n) is 3.97. The molecule has 0 aliphatic carbocycles. The van der Waals surface area contributed by atoms with Gasteiger partial charge in [-0.1, -0.05) is 41.5 Å². The Morgan fingerprint density at radius 3 is 2.00 bits per heavy atom. The molecule has 1 amide bonds. The zero-order valence-corrected chi connectivity index (χ0v) is 16.6. The largest absolute Gasteiger partial charge is 0.464 e. The molecule has 1 heterocycles. The van der Waals surface area contributed by atoms with Crippen LogP contribution < -0.4 is 0 Å². The second-order valence-electron chi connectivity index (χ2n) is 8.85. The van der Waals surface area contributed by atoms with Gasteiger partial charge in [-0.05, 0) is 30.1 Å². The molecule has 1 aliphatic heterocycles. The number of alkyl halides is 1. The van der Waals surface area contributed by atoms with Crippen LogP contribution in [0.5, 0.6) is 0 Å². The molecule has 1 rings (SSSR count). The fourth-order valence-corrected chi connectivity index (χ4v) is 2.64. The summed E-state index contributed by atoms with van der Waals surface area (Å²) in [5, 5.41) is -0.428. The maximum atomic E-state index is 12.3. The van der Waals surface area contributed by atoms with Crippen molar-refractivity contribution in [1.29, 1.82) is 0 Å². The second kappa shape index (κ2) is 8.41. The van der Waals surface area contributed by atoms with Gasteiger partial charge < -0.3 is 9.47 Å². The first-order chi connectivity index (χ1) is 10.9. The van der Waals surface area contributed by atoms with Crippen molar-refractivity contribution < 1.29 is 19.1 Å². The lowest BCUT2D eigenvalue weighted by atomic mass is 9.93. The minimum atomic E-state index is -0.756. The highest BCUT2D eigenvalue weighted by molar-refractivity contribution is 6.23. The number of rotatable bonds is 5. The summed E-state index contributed by atoms with van der Waals surface area (Å²) in [6.45, 7) is 13.6. The van der Waals surface area contributed by atoms with Crippen molar-refractivity contribution in [3.8, 4) is 0 Å². The van der Waals surface area contributed by atoms with Crippen molar-refractivity contribution in [2.75, 3.05) is 19.8 Å². The second-order valence-corrected chi connectivity index (χ2v) is 9.41. The summed E-state index contributed by atoms with van der Waals surface area (Å²) in [6.07, 6.45) is 1.60.